The van der Waals surface area contributed by atoms with E-state index in [0.29, 0.717) is 12.1 Å². The molecule has 0 aromatic heterocycles. The van der Waals surface area contributed by atoms with Crippen molar-refractivity contribution < 1.29 is 9.90 Å². The normalized spacial score (nSPS) is 16.6. The Labute approximate surface area is 94.2 Å². The highest BCUT2D eigenvalue weighted by atomic mass is 16.4. The Balaban J connectivity index is 1.98. The van der Waals surface area contributed by atoms with Gasteiger partial charge in [-0.2, -0.15) is 0 Å². The molecule has 4 nitrogen and oxygen atoms in total. The van der Waals surface area contributed by atoms with Gasteiger partial charge in [-0.05, 0) is 18.6 Å². The fourth-order valence-corrected chi connectivity index (χ4v) is 1.69. The smallest absolute Gasteiger partial charge is 0.332 e. The van der Waals surface area contributed by atoms with Crippen molar-refractivity contribution in [3.63, 3.8) is 0 Å². The molecule has 0 aliphatic carbocycles. The summed E-state index contributed by atoms with van der Waals surface area (Å²) in [6.07, 6.45) is 2.55. The summed E-state index contributed by atoms with van der Waals surface area (Å²) in [5.41, 5.74) is 4.63. The molecule has 0 fully saturated rings. The summed E-state index contributed by atoms with van der Waals surface area (Å²) in [7, 11) is 0. The van der Waals surface area contributed by atoms with Crippen molar-refractivity contribution in [2.75, 3.05) is 18.5 Å². The minimum atomic E-state index is -0.834. The number of carbonyl (C=O) groups is 1. The first-order valence-electron chi connectivity index (χ1n) is 5.24. The van der Waals surface area contributed by atoms with Crippen molar-refractivity contribution in [1.29, 1.82) is 0 Å². The number of benzene rings is 1. The van der Waals surface area contributed by atoms with Crippen LogP contribution in [0.15, 0.2) is 42.0 Å². The number of rotatable bonds is 3. The molecule has 1 heterocycles. The summed E-state index contributed by atoms with van der Waals surface area (Å²) < 4.78 is 0. The van der Waals surface area contributed by atoms with Gasteiger partial charge in [0.15, 0.2) is 0 Å². The molecule has 84 valence electrons. The predicted octanol–water partition coefficient (Wildman–Crippen LogP) is 1.73. The van der Waals surface area contributed by atoms with Crippen molar-refractivity contribution in [3.8, 4) is 0 Å². The lowest BCUT2D eigenvalue weighted by molar-refractivity contribution is -0.133. The summed E-state index contributed by atoms with van der Waals surface area (Å²) in [6, 6.07) is 9.75. The summed E-state index contributed by atoms with van der Waals surface area (Å²) >= 11 is 0. The minimum Gasteiger partial charge on any atom is -0.478 e. The average Bonchev–Trinajstić information content (AvgIpc) is 2.30. The third-order valence-corrected chi connectivity index (χ3v) is 2.49. The number of aliphatic carboxylic acids is 1. The maximum Gasteiger partial charge on any atom is 0.332 e. The number of anilines is 1. The van der Waals surface area contributed by atoms with Gasteiger partial charge in [0.05, 0.1) is 0 Å². The number of nitrogens with one attached hydrogen (secondary N) is 1. The van der Waals surface area contributed by atoms with Crippen LogP contribution in [0.5, 0.6) is 0 Å². The second-order valence-electron chi connectivity index (χ2n) is 3.72. The molecule has 1 aliphatic heterocycles. The van der Waals surface area contributed by atoms with E-state index in [9.17, 15) is 4.79 Å². The van der Waals surface area contributed by atoms with Crippen molar-refractivity contribution in [1.82, 2.24) is 5.01 Å². The van der Waals surface area contributed by atoms with Crippen molar-refractivity contribution in [3.05, 3.63) is 42.0 Å². The van der Waals surface area contributed by atoms with E-state index in [2.05, 4.69) is 5.43 Å². The molecule has 1 aliphatic rings. The maximum absolute atomic E-state index is 10.8. The van der Waals surface area contributed by atoms with E-state index >= 15 is 0 Å². The predicted molar refractivity (Wildman–Crippen MR) is 62.0 cm³/mol. The van der Waals surface area contributed by atoms with Gasteiger partial charge in [-0.1, -0.05) is 24.3 Å². The molecular formula is C12H14N2O2. The van der Waals surface area contributed by atoms with Crippen molar-refractivity contribution >= 4 is 11.7 Å². The second-order valence-corrected chi connectivity index (χ2v) is 3.72. The number of carboxylic acids is 1. The summed E-state index contributed by atoms with van der Waals surface area (Å²) in [5.74, 6) is -0.834. The largest absolute Gasteiger partial charge is 0.478 e. The van der Waals surface area contributed by atoms with Crippen LogP contribution in [0.3, 0.4) is 0 Å². The zero-order chi connectivity index (χ0) is 11.4. The van der Waals surface area contributed by atoms with E-state index in [-0.39, 0.29) is 0 Å². The van der Waals surface area contributed by atoms with Gasteiger partial charge in [-0.25, -0.2) is 9.80 Å². The van der Waals surface area contributed by atoms with Crippen LogP contribution in [0, 0.1) is 0 Å². The van der Waals surface area contributed by atoms with Crippen LogP contribution in [0.4, 0.5) is 5.69 Å². The van der Waals surface area contributed by atoms with E-state index in [0.717, 1.165) is 18.7 Å². The van der Waals surface area contributed by atoms with E-state index in [4.69, 9.17) is 5.11 Å². The quantitative estimate of drug-likeness (QED) is 0.811. The van der Waals surface area contributed by atoms with Gasteiger partial charge in [0.2, 0.25) is 0 Å². The summed E-state index contributed by atoms with van der Waals surface area (Å²) in [4.78, 5) is 10.8. The maximum atomic E-state index is 10.8. The molecule has 0 atom stereocenters. The molecule has 0 saturated carbocycles. The van der Waals surface area contributed by atoms with Crippen LogP contribution in [0.2, 0.25) is 0 Å². The first-order chi connectivity index (χ1) is 7.75. The van der Waals surface area contributed by atoms with Crippen LogP contribution in [-0.4, -0.2) is 29.2 Å². The highest BCUT2D eigenvalue weighted by molar-refractivity contribution is 5.87. The van der Waals surface area contributed by atoms with Gasteiger partial charge < -0.3 is 10.5 Å². The Morgan fingerprint density at radius 1 is 1.31 bits per heavy atom. The molecule has 2 rings (SSSR count). The molecule has 1 aromatic carbocycles. The Kier molecular flexibility index (Phi) is 3.22. The molecule has 4 heteroatoms. The molecule has 0 amide bonds. The molecule has 1 aromatic rings. The highest BCUT2D eigenvalue weighted by Crippen LogP contribution is 2.12. The number of para-hydroxylation sites is 1. The fourth-order valence-electron chi connectivity index (χ4n) is 1.69. The lowest BCUT2D eigenvalue weighted by atomic mass is 10.1. The molecule has 0 bridgehead atoms. The van der Waals surface area contributed by atoms with Gasteiger partial charge in [0, 0.05) is 24.4 Å². The van der Waals surface area contributed by atoms with Gasteiger partial charge in [-0.3, -0.25) is 0 Å². The minimum absolute atomic E-state index is 0.435. The van der Waals surface area contributed by atoms with Crippen LogP contribution >= 0.6 is 0 Å². The molecule has 0 unspecified atom stereocenters. The summed E-state index contributed by atoms with van der Waals surface area (Å²) in [5, 5.41) is 10.8. The Morgan fingerprint density at radius 2 is 2.06 bits per heavy atom. The first-order valence-corrected chi connectivity index (χ1v) is 5.24. The molecule has 0 radical (unpaired) electrons. The SMILES string of the molecule is O=C(O)C1=CCCN(Nc2ccccc2)C1. The van der Waals surface area contributed by atoms with E-state index in [1.165, 1.54) is 0 Å². The third-order valence-electron chi connectivity index (χ3n) is 2.49. The topological polar surface area (TPSA) is 52.6 Å². The lowest BCUT2D eigenvalue weighted by Crippen LogP contribution is -2.36. The molecule has 0 saturated heterocycles. The second kappa shape index (κ2) is 4.81. The molecule has 16 heavy (non-hydrogen) atoms. The Hall–Kier alpha value is -1.81. The standard InChI is InChI=1S/C12H14N2O2/c15-12(16)10-5-4-8-14(9-10)13-11-6-2-1-3-7-11/h1-3,5-7,13H,4,8-9H2,(H,15,16). The van der Waals surface area contributed by atoms with Gasteiger partial charge >= 0.3 is 5.97 Å². The van der Waals surface area contributed by atoms with E-state index in [1.54, 1.807) is 6.08 Å². The highest BCUT2D eigenvalue weighted by Gasteiger charge is 2.16. The van der Waals surface area contributed by atoms with Crippen molar-refractivity contribution in [2.24, 2.45) is 0 Å². The monoisotopic (exact) mass is 218 g/mol. The van der Waals surface area contributed by atoms with E-state index < -0.39 is 5.97 Å². The molecule has 2 N–H and O–H groups in total. The molecular weight excluding hydrogens is 204 g/mol. The third kappa shape index (κ3) is 2.61. The lowest BCUT2D eigenvalue weighted by Gasteiger charge is -2.27. The number of hydrazine groups is 1. The summed E-state index contributed by atoms with van der Waals surface area (Å²) in [6.45, 7) is 1.26. The average molecular weight is 218 g/mol. The van der Waals surface area contributed by atoms with E-state index in [1.807, 2.05) is 35.3 Å². The number of hydrogen-bond donors (Lipinski definition) is 2. The zero-order valence-electron chi connectivity index (χ0n) is 8.89. The first kappa shape index (κ1) is 10.7. The van der Waals surface area contributed by atoms with Crippen LogP contribution in [-0.2, 0) is 4.79 Å². The number of hydrogen-bond acceptors (Lipinski definition) is 3. The van der Waals surface area contributed by atoms with Crippen LogP contribution < -0.4 is 5.43 Å². The Morgan fingerprint density at radius 3 is 2.75 bits per heavy atom. The van der Waals surface area contributed by atoms with Gasteiger partial charge in [0.1, 0.15) is 0 Å². The molecule has 0 spiro atoms. The fraction of sp³-hybridized carbons (Fsp3) is 0.250. The number of nitrogens with zero attached hydrogens (tertiary/aromatic N) is 1. The number of carboxylic acid groups (broad SMARTS) is 1. The van der Waals surface area contributed by atoms with Crippen molar-refractivity contribution in [2.45, 2.75) is 6.42 Å². The zero-order valence-corrected chi connectivity index (χ0v) is 8.89. The van der Waals surface area contributed by atoms with Gasteiger partial charge in [0.25, 0.3) is 0 Å². The van der Waals surface area contributed by atoms with Crippen LogP contribution in [0.1, 0.15) is 6.42 Å². The Bertz CT molecular complexity index is 401. The van der Waals surface area contributed by atoms with Gasteiger partial charge in [-0.15, -0.1) is 0 Å². The van der Waals surface area contributed by atoms with Crippen LogP contribution in [0.25, 0.3) is 0 Å².